The molecule has 0 radical (unpaired) electrons. The second-order valence-corrected chi connectivity index (χ2v) is 10.5. The molecule has 1 unspecified atom stereocenters. The fraction of sp³-hybridized carbons (Fsp3) is 0.458. The summed E-state index contributed by atoms with van der Waals surface area (Å²) in [5.74, 6) is -0.0174. The normalized spacial score (nSPS) is 20.0. The molecule has 2 fully saturated rings. The Labute approximate surface area is 194 Å². The fourth-order valence-corrected chi connectivity index (χ4v) is 6.27. The molecule has 2 aliphatic heterocycles. The molecule has 2 aromatic carbocycles. The lowest BCUT2D eigenvalue weighted by Gasteiger charge is -2.39. The van der Waals surface area contributed by atoms with Crippen LogP contribution in [0.2, 0.25) is 0 Å². The van der Waals surface area contributed by atoms with Crippen molar-refractivity contribution < 1.29 is 22.3 Å². The Morgan fingerprint density at radius 1 is 1.06 bits per heavy atom. The van der Waals surface area contributed by atoms with Gasteiger partial charge in [0.2, 0.25) is 15.9 Å². The van der Waals surface area contributed by atoms with Crippen LogP contribution >= 0.6 is 0 Å². The van der Waals surface area contributed by atoms with Gasteiger partial charge in [-0.25, -0.2) is 12.8 Å². The molecule has 2 saturated heterocycles. The van der Waals surface area contributed by atoms with E-state index in [2.05, 4.69) is 0 Å². The number of nitrogens with zero attached hydrogens (tertiary/aromatic N) is 3. The summed E-state index contributed by atoms with van der Waals surface area (Å²) in [6, 6.07) is 11.5. The fourth-order valence-electron chi connectivity index (χ4n) is 4.66. The number of carbonyl (C=O) groups excluding carboxylic acids is 1. The number of piperidine rings is 1. The summed E-state index contributed by atoms with van der Waals surface area (Å²) in [5.41, 5.74) is 1.30. The molecule has 9 heteroatoms. The van der Waals surface area contributed by atoms with E-state index in [1.807, 2.05) is 4.90 Å². The van der Waals surface area contributed by atoms with Gasteiger partial charge in [0.25, 0.3) is 0 Å². The standard InChI is InChI=1S/C24H30FN3O4S/c1-18-16-20(9-10-23(18)32-2)33(30,31)28-11-5-6-19(17-28)24(29)27-14-12-26(13-15-27)22-8-4-3-7-21(22)25/h3-4,7-10,16,19H,5-6,11-15,17H2,1-2H3. The van der Waals surface area contributed by atoms with E-state index in [0.717, 1.165) is 5.56 Å². The first-order valence-electron chi connectivity index (χ1n) is 11.2. The number of para-hydroxylation sites is 1. The number of carbonyl (C=O) groups is 1. The summed E-state index contributed by atoms with van der Waals surface area (Å²) in [6.07, 6.45) is 1.31. The van der Waals surface area contributed by atoms with Gasteiger partial charge in [-0.15, -0.1) is 0 Å². The summed E-state index contributed by atoms with van der Waals surface area (Å²) in [7, 11) is -2.15. The van der Waals surface area contributed by atoms with Crippen molar-refractivity contribution in [3.63, 3.8) is 0 Å². The number of ether oxygens (including phenoxy) is 1. The number of piperazine rings is 1. The summed E-state index contributed by atoms with van der Waals surface area (Å²) >= 11 is 0. The summed E-state index contributed by atoms with van der Waals surface area (Å²) in [4.78, 5) is 17.2. The number of amides is 1. The molecule has 0 spiro atoms. The molecule has 33 heavy (non-hydrogen) atoms. The van der Waals surface area contributed by atoms with Gasteiger partial charge < -0.3 is 14.5 Å². The smallest absolute Gasteiger partial charge is 0.243 e. The van der Waals surface area contributed by atoms with Crippen LogP contribution in [-0.4, -0.2) is 69.9 Å². The second-order valence-electron chi connectivity index (χ2n) is 8.60. The Bertz CT molecular complexity index is 1120. The Balaban J connectivity index is 1.41. The Morgan fingerprint density at radius 2 is 1.79 bits per heavy atom. The molecule has 4 rings (SSSR count). The summed E-state index contributed by atoms with van der Waals surface area (Å²) in [6.45, 7) is 4.47. The van der Waals surface area contributed by atoms with E-state index in [-0.39, 0.29) is 29.1 Å². The van der Waals surface area contributed by atoms with Crippen molar-refractivity contribution in [1.29, 1.82) is 0 Å². The Kier molecular flexibility index (Phi) is 6.90. The first kappa shape index (κ1) is 23.5. The predicted molar refractivity (Wildman–Crippen MR) is 124 cm³/mol. The van der Waals surface area contributed by atoms with Crippen LogP contribution in [0.25, 0.3) is 0 Å². The van der Waals surface area contributed by atoms with Crippen molar-refractivity contribution >= 4 is 21.6 Å². The van der Waals surface area contributed by atoms with Crippen LogP contribution in [0.5, 0.6) is 5.75 Å². The lowest BCUT2D eigenvalue weighted by molar-refractivity contribution is -0.137. The van der Waals surface area contributed by atoms with Crippen LogP contribution in [-0.2, 0) is 14.8 Å². The van der Waals surface area contributed by atoms with E-state index in [9.17, 15) is 17.6 Å². The predicted octanol–water partition coefficient (Wildman–Crippen LogP) is 2.89. The number of hydrogen-bond donors (Lipinski definition) is 0. The third-order valence-corrected chi connectivity index (χ3v) is 8.38. The lowest BCUT2D eigenvalue weighted by atomic mass is 9.97. The number of methoxy groups -OCH3 is 1. The minimum Gasteiger partial charge on any atom is -0.496 e. The quantitative estimate of drug-likeness (QED) is 0.665. The molecular weight excluding hydrogens is 445 g/mol. The lowest BCUT2D eigenvalue weighted by Crippen LogP contribution is -2.53. The summed E-state index contributed by atoms with van der Waals surface area (Å²) in [5, 5.41) is 0. The van der Waals surface area contributed by atoms with Crippen LogP contribution in [0.1, 0.15) is 18.4 Å². The van der Waals surface area contributed by atoms with Gasteiger partial charge in [0.1, 0.15) is 11.6 Å². The Hall–Kier alpha value is -2.65. The molecule has 2 aromatic rings. The molecule has 0 saturated carbocycles. The van der Waals surface area contributed by atoms with Crippen molar-refractivity contribution in [1.82, 2.24) is 9.21 Å². The van der Waals surface area contributed by atoms with Crippen LogP contribution in [0.3, 0.4) is 0 Å². The van der Waals surface area contributed by atoms with Gasteiger partial charge in [-0.3, -0.25) is 4.79 Å². The number of sulfonamides is 1. The van der Waals surface area contributed by atoms with Gasteiger partial charge in [0, 0.05) is 39.3 Å². The number of hydrogen-bond acceptors (Lipinski definition) is 5. The molecule has 1 atom stereocenters. The molecule has 2 aliphatic rings. The zero-order valence-electron chi connectivity index (χ0n) is 19.0. The van der Waals surface area contributed by atoms with Crippen LogP contribution in [0.15, 0.2) is 47.4 Å². The number of anilines is 1. The Morgan fingerprint density at radius 3 is 2.45 bits per heavy atom. The molecule has 0 bridgehead atoms. The van der Waals surface area contributed by atoms with Gasteiger partial charge in [0.15, 0.2) is 0 Å². The first-order chi connectivity index (χ1) is 15.8. The van der Waals surface area contributed by atoms with Crippen molar-refractivity contribution in [2.75, 3.05) is 51.3 Å². The molecular formula is C24H30FN3O4S. The zero-order valence-corrected chi connectivity index (χ0v) is 19.9. The van der Waals surface area contributed by atoms with Crippen molar-refractivity contribution in [2.24, 2.45) is 5.92 Å². The molecule has 0 aromatic heterocycles. The molecule has 7 nitrogen and oxygen atoms in total. The van der Waals surface area contributed by atoms with Crippen molar-refractivity contribution in [2.45, 2.75) is 24.7 Å². The minimum absolute atomic E-state index is 0.0194. The van der Waals surface area contributed by atoms with E-state index in [1.165, 1.54) is 10.4 Å². The monoisotopic (exact) mass is 475 g/mol. The van der Waals surface area contributed by atoms with Crippen LogP contribution < -0.4 is 9.64 Å². The largest absolute Gasteiger partial charge is 0.496 e. The molecule has 1 amide bonds. The van der Waals surface area contributed by atoms with Gasteiger partial charge in [-0.2, -0.15) is 4.31 Å². The topological polar surface area (TPSA) is 70.2 Å². The summed E-state index contributed by atoms with van der Waals surface area (Å²) < 4.78 is 47.2. The van der Waals surface area contributed by atoms with Crippen molar-refractivity contribution in [3.8, 4) is 5.75 Å². The molecule has 0 aliphatic carbocycles. The van der Waals surface area contributed by atoms with E-state index >= 15 is 0 Å². The highest BCUT2D eigenvalue weighted by Crippen LogP contribution is 2.28. The van der Waals surface area contributed by atoms with E-state index in [0.29, 0.717) is 57.0 Å². The average Bonchev–Trinajstić information content (AvgIpc) is 2.84. The van der Waals surface area contributed by atoms with Gasteiger partial charge in [-0.05, 0) is 55.7 Å². The van der Waals surface area contributed by atoms with Crippen LogP contribution in [0.4, 0.5) is 10.1 Å². The number of halogens is 1. The number of aryl methyl sites for hydroxylation is 1. The molecule has 0 N–H and O–H groups in total. The highest BCUT2D eigenvalue weighted by Gasteiger charge is 2.36. The zero-order chi connectivity index (χ0) is 23.6. The second kappa shape index (κ2) is 9.69. The van der Waals surface area contributed by atoms with Gasteiger partial charge in [0.05, 0.1) is 23.6 Å². The van der Waals surface area contributed by atoms with Crippen molar-refractivity contribution in [3.05, 3.63) is 53.8 Å². The average molecular weight is 476 g/mol. The van der Waals surface area contributed by atoms with Crippen LogP contribution in [0, 0.1) is 18.7 Å². The molecule has 2 heterocycles. The highest BCUT2D eigenvalue weighted by atomic mass is 32.2. The highest BCUT2D eigenvalue weighted by molar-refractivity contribution is 7.89. The number of benzene rings is 2. The van der Waals surface area contributed by atoms with Gasteiger partial charge in [-0.1, -0.05) is 12.1 Å². The SMILES string of the molecule is COc1ccc(S(=O)(=O)N2CCCC(C(=O)N3CCN(c4ccccc4F)CC3)C2)cc1C. The third-order valence-electron chi connectivity index (χ3n) is 6.52. The molecule has 178 valence electrons. The number of rotatable bonds is 5. The van der Waals surface area contributed by atoms with E-state index < -0.39 is 10.0 Å². The maximum atomic E-state index is 14.1. The third kappa shape index (κ3) is 4.84. The van der Waals surface area contributed by atoms with E-state index in [4.69, 9.17) is 4.74 Å². The first-order valence-corrected chi connectivity index (χ1v) is 12.7. The maximum absolute atomic E-state index is 14.1. The minimum atomic E-state index is -3.70. The van der Waals surface area contributed by atoms with Gasteiger partial charge >= 0.3 is 0 Å². The maximum Gasteiger partial charge on any atom is 0.243 e. The van der Waals surface area contributed by atoms with E-state index in [1.54, 1.807) is 55.3 Å².